The first-order chi connectivity index (χ1) is 7.35. The van der Waals surface area contributed by atoms with Gasteiger partial charge >= 0.3 is 0 Å². The largest absolute Gasteiger partial charge is 0.282 e. The summed E-state index contributed by atoms with van der Waals surface area (Å²) in [6.45, 7) is 1.51. The molecule has 0 aliphatic rings. The molecular weight excluding hydrogens is 262 g/mol. The van der Waals surface area contributed by atoms with Crippen LogP contribution in [-0.2, 0) is 16.4 Å². The van der Waals surface area contributed by atoms with Crippen LogP contribution in [0.2, 0.25) is 5.15 Å². The van der Waals surface area contributed by atoms with E-state index in [-0.39, 0.29) is 23.2 Å². The molecule has 4 nitrogen and oxygen atoms in total. The molecule has 0 aliphatic heterocycles. The summed E-state index contributed by atoms with van der Waals surface area (Å²) in [4.78, 5) is 0. The summed E-state index contributed by atoms with van der Waals surface area (Å²) < 4.78 is 47.9. The van der Waals surface area contributed by atoms with Crippen LogP contribution in [0.25, 0.3) is 0 Å². The van der Waals surface area contributed by atoms with Gasteiger partial charge in [-0.05, 0) is 0 Å². The molecule has 0 saturated heterocycles. The lowest BCUT2D eigenvalue weighted by atomic mass is 10.5. The molecule has 0 fully saturated rings. The second kappa shape index (κ2) is 5.09. The molecule has 1 heterocycles. The van der Waals surface area contributed by atoms with Gasteiger partial charge in [-0.15, -0.1) is 0 Å². The van der Waals surface area contributed by atoms with E-state index >= 15 is 0 Å². The van der Waals surface area contributed by atoms with Crippen molar-refractivity contribution in [1.82, 2.24) is 9.78 Å². The van der Waals surface area contributed by atoms with E-state index in [1.54, 1.807) is 0 Å². The average Bonchev–Trinajstić information content (AvgIpc) is 2.57. The Balaban J connectivity index is 2.75. The van der Waals surface area contributed by atoms with Gasteiger partial charge in [0.1, 0.15) is 10.8 Å². The third kappa shape index (κ3) is 3.41. The topological polar surface area (TPSA) is 52.0 Å². The monoisotopic (exact) mass is 272 g/mol. The van der Waals surface area contributed by atoms with Gasteiger partial charge in [-0.1, -0.05) is 18.5 Å². The first-order valence-electron chi connectivity index (χ1n) is 4.57. The molecule has 0 aliphatic carbocycles. The third-order valence-electron chi connectivity index (χ3n) is 2.03. The Morgan fingerprint density at radius 2 is 2.19 bits per heavy atom. The van der Waals surface area contributed by atoms with Crippen molar-refractivity contribution >= 4 is 21.4 Å². The van der Waals surface area contributed by atoms with Crippen LogP contribution in [0.5, 0.6) is 0 Å². The van der Waals surface area contributed by atoms with E-state index in [0.717, 1.165) is 10.7 Å². The molecule has 0 atom stereocenters. The predicted octanol–water partition coefficient (Wildman–Crippen LogP) is 1.91. The fourth-order valence-electron chi connectivity index (χ4n) is 1.05. The summed E-state index contributed by atoms with van der Waals surface area (Å²) in [7, 11) is -3.15. The first kappa shape index (κ1) is 13.4. The van der Waals surface area contributed by atoms with Gasteiger partial charge in [-0.3, -0.25) is 4.68 Å². The van der Waals surface area contributed by atoms with Gasteiger partial charge in [0.15, 0.2) is 9.84 Å². The van der Waals surface area contributed by atoms with E-state index in [0.29, 0.717) is 0 Å². The van der Waals surface area contributed by atoms with Gasteiger partial charge in [0.2, 0.25) is 0 Å². The van der Waals surface area contributed by atoms with E-state index in [2.05, 4.69) is 5.10 Å². The molecule has 1 aromatic rings. The molecule has 1 rings (SSSR count). The fraction of sp³-hybridized carbons (Fsp3) is 0.625. The lowest BCUT2D eigenvalue weighted by Gasteiger charge is -2.03. The minimum absolute atomic E-state index is 0.00753. The van der Waals surface area contributed by atoms with Gasteiger partial charge in [0, 0.05) is 11.8 Å². The van der Waals surface area contributed by atoms with E-state index in [1.807, 2.05) is 0 Å². The summed E-state index contributed by atoms with van der Waals surface area (Å²) in [5, 5.41) is 3.53. The van der Waals surface area contributed by atoms with Gasteiger partial charge in [-0.25, -0.2) is 17.2 Å². The molecular formula is C8H11ClF2N2O2S. The minimum atomic E-state index is -3.15. The van der Waals surface area contributed by atoms with Crippen molar-refractivity contribution in [2.75, 3.05) is 11.5 Å². The number of nitrogens with zero attached hydrogens (tertiary/aromatic N) is 2. The van der Waals surface area contributed by atoms with Crippen LogP contribution in [0, 0.1) is 0 Å². The number of hydrogen-bond donors (Lipinski definition) is 0. The van der Waals surface area contributed by atoms with Crippen LogP contribution in [0.3, 0.4) is 0 Å². The Morgan fingerprint density at radius 1 is 1.56 bits per heavy atom. The summed E-state index contributed by atoms with van der Waals surface area (Å²) in [5.74, 6) is -0.152. The van der Waals surface area contributed by atoms with E-state index < -0.39 is 22.0 Å². The quantitative estimate of drug-likeness (QED) is 0.823. The van der Waals surface area contributed by atoms with Crippen LogP contribution in [0.1, 0.15) is 19.0 Å². The number of rotatable bonds is 5. The van der Waals surface area contributed by atoms with Crippen molar-refractivity contribution in [1.29, 1.82) is 0 Å². The van der Waals surface area contributed by atoms with Gasteiger partial charge < -0.3 is 0 Å². The van der Waals surface area contributed by atoms with Crippen LogP contribution < -0.4 is 0 Å². The SMILES string of the molecule is CCS(=O)(=O)CCn1nc(C(F)F)cc1Cl. The van der Waals surface area contributed by atoms with Crippen LogP contribution in [0.15, 0.2) is 6.07 Å². The predicted molar refractivity (Wildman–Crippen MR) is 56.5 cm³/mol. The molecule has 8 heteroatoms. The minimum Gasteiger partial charge on any atom is -0.253 e. The van der Waals surface area contributed by atoms with Crippen LogP contribution in [0.4, 0.5) is 8.78 Å². The number of aromatic nitrogens is 2. The zero-order valence-electron chi connectivity index (χ0n) is 8.53. The molecule has 0 saturated carbocycles. The zero-order chi connectivity index (χ0) is 12.3. The Kier molecular flexibility index (Phi) is 4.26. The first-order valence-corrected chi connectivity index (χ1v) is 6.77. The zero-order valence-corrected chi connectivity index (χ0v) is 10.1. The molecule has 0 aromatic carbocycles. The van der Waals surface area contributed by atoms with Crippen molar-refractivity contribution in [3.05, 3.63) is 16.9 Å². The normalized spacial score (nSPS) is 12.3. The van der Waals surface area contributed by atoms with E-state index in [9.17, 15) is 17.2 Å². The molecule has 92 valence electrons. The highest BCUT2D eigenvalue weighted by molar-refractivity contribution is 7.91. The van der Waals surface area contributed by atoms with Gasteiger partial charge in [0.25, 0.3) is 6.43 Å². The summed E-state index contributed by atoms with van der Waals surface area (Å²) in [5.41, 5.74) is -0.445. The Bertz CT molecular complexity index is 459. The van der Waals surface area contributed by atoms with E-state index in [1.165, 1.54) is 6.92 Å². The maximum Gasteiger partial charge on any atom is 0.282 e. The van der Waals surface area contributed by atoms with Gasteiger partial charge in [0.05, 0.1) is 12.3 Å². The lowest BCUT2D eigenvalue weighted by Crippen LogP contribution is -2.15. The Hall–Kier alpha value is -0.690. The van der Waals surface area contributed by atoms with E-state index in [4.69, 9.17) is 11.6 Å². The molecule has 0 spiro atoms. The molecule has 0 unspecified atom stereocenters. The maximum atomic E-state index is 12.2. The van der Waals surface area contributed by atoms with Crippen molar-refractivity contribution in [3.63, 3.8) is 0 Å². The smallest absolute Gasteiger partial charge is 0.253 e. The molecule has 0 amide bonds. The number of sulfone groups is 1. The average molecular weight is 273 g/mol. The molecule has 1 aromatic heterocycles. The number of alkyl halides is 2. The molecule has 0 bridgehead atoms. The third-order valence-corrected chi connectivity index (χ3v) is 4.02. The Labute approximate surface area is 97.1 Å². The van der Waals surface area contributed by atoms with Crippen molar-refractivity contribution in [2.45, 2.75) is 19.9 Å². The van der Waals surface area contributed by atoms with Crippen LogP contribution in [-0.4, -0.2) is 29.7 Å². The van der Waals surface area contributed by atoms with Crippen molar-refractivity contribution in [2.24, 2.45) is 0 Å². The highest BCUT2D eigenvalue weighted by Crippen LogP contribution is 2.20. The van der Waals surface area contributed by atoms with Crippen LogP contribution >= 0.6 is 11.6 Å². The second-order valence-corrected chi connectivity index (χ2v) is 6.01. The fourth-order valence-corrected chi connectivity index (χ4v) is 2.02. The second-order valence-electron chi connectivity index (χ2n) is 3.15. The maximum absolute atomic E-state index is 12.2. The summed E-state index contributed by atoms with van der Waals surface area (Å²) >= 11 is 5.63. The molecule has 0 radical (unpaired) electrons. The van der Waals surface area contributed by atoms with Crippen molar-refractivity contribution < 1.29 is 17.2 Å². The molecule has 0 N–H and O–H groups in total. The highest BCUT2D eigenvalue weighted by Gasteiger charge is 2.15. The lowest BCUT2D eigenvalue weighted by molar-refractivity contribution is 0.145. The summed E-state index contributed by atoms with van der Waals surface area (Å²) in [6.07, 6.45) is -2.71. The standard InChI is InChI=1S/C8H11ClF2N2O2S/c1-2-16(14,15)4-3-13-7(9)5-6(12-13)8(10)11/h5,8H,2-4H2,1H3. The Morgan fingerprint density at radius 3 is 2.62 bits per heavy atom. The van der Waals surface area contributed by atoms with Crippen molar-refractivity contribution in [3.8, 4) is 0 Å². The number of hydrogen-bond acceptors (Lipinski definition) is 3. The highest BCUT2D eigenvalue weighted by atomic mass is 35.5. The number of aryl methyl sites for hydroxylation is 1. The van der Waals surface area contributed by atoms with Gasteiger partial charge in [-0.2, -0.15) is 5.10 Å². The summed E-state index contributed by atoms with van der Waals surface area (Å²) in [6, 6.07) is 1.03. The molecule has 16 heavy (non-hydrogen) atoms. The number of halogens is 3.